The number of fused-ring (bicyclic) bond motifs is 6. The molecule has 6 aromatic heterocycles. The summed E-state index contributed by atoms with van der Waals surface area (Å²) in [5.41, 5.74) is 2.20. The van der Waals surface area contributed by atoms with Crippen LogP contribution in [0.5, 0.6) is 0 Å². The van der Waals surface area contributed by atoms with Gasteiger partial charge in [0.15, 0.2) is 0 Å². The molecule has 0 aliphatic heterocycles. The molecule has 288 valence electrons. The molecule has 2 aromatic carbocycles. The zero-order chi connectivity index (χ0) is 40.4. The van der Waals surface area contributed by atoms with Crippen LogP contribution in [0.15, 0.2) is 94.8 Å². The van der Waals surface area contributed by atoms with Gasteiger partial charge in [-0.25, -0.2) is 9.03 Å². The average molecular weight is 782 g/mol. The fourth-order valence-corrected chi connectivity index (χ4v) is 7.29. The van der Waals surface area contributed by atoms with Crippen LogP contribution in [-0.2, 0) is 26.4 Å². The van der Waals surface area contributed by atoms with E-state index >= 15 is 0 Å². The van der Waals surface area contributed by atoms with Crippen LogP contribution in [0.25, 0.3) is 55.6 Å². The lowest BCUT2D eigenvalue weighted by molar-refractivity contribution is -0.141. The smallest absolute Gasteiger partial charge is 0.296 e. The number of alkyl halides is 6. The maximum Gasteiger partial charge on any atom is 0.433 e. The topological polar surface area (TPSA) is 128 Å². The van der Waals surface area contributed by atoms with Gasteiger partial charge in [-0.15, -0.1) is 0 Å². The first-order valence-electron chi connectivity index (χ1n) is 17.6. The molecule has 11 nitrogen and oxygen atoms in total. The Labute approximate surface area is 317 Å². The largest absolute Gasteiger partial charge is 0.433 e. The van der Waals surface area contributed by atoms with Crippen LogP contribution in [0.3, 0.4) is 0 Å². The third-order valence-electron chi connectivity index (χ3n) is 10.3. The van der Waals surface area contributed by atoms with E-state index < -0.39 is 23.7 Å². The maximum absolute atomic E-state index is 13.1. The maximum atomic E-state index is 13.1. The Morgan fingerprint density at radius 2 is 1.12 bits per heavy atom. The molecular weight excluding hydrogens is 752 g/mol. The van der Waals surface area contributed by atoms with Crippen LogP contribution in [0, 0.1) is 11.3 Å². The van der Waals surface area contributed by atoms with Crippen LogP contribution in [0.4, 0.5) is 26.3 Å². The molecule has 9 rings (SSSR count). The monoisotopic (exact) mass is 781 g/mol. The fraction of sp³-hybridized carbons (Fsp3) is 0.225. The van der Waals surface area contributed by atoms with Crippen LogP contribution in [0.2, 0.25) is 0 Å². The van der Waals surface area contributed by atoms with Gasteiger partial charge in [0, 0.05) is 49.7 Å². The molecule has 57 heavy (non-hydrogen) atoms. The van der Waals surface area contributed by atoms with E-state index in [0.717, 1.165) is 37.4 Å². The van der Waals surface area contributed by atoms with Crippen molar-refractivity contribution in [2.45, 2.75) is 44.0 Å². The molecule has 0 spiro atoms. The van der Waals surface area contributed by atoms with Gasteiger partial charge in [-0.2, -0.15) is 41.8 Å². The lowest BCUT2D eigenvalue weighted by Gasteiger charge is -2.12. The number of nitrogens with zero attached hydrogens (tertiary/aromatic N) is 9. The molecule has 1 aliphatic carbocycles. The second-order valence-corrected chi connectivity index (χ2v) is 13.8. The zero-order valence-corrected chi connectivity index (χ0v) is 30.1. The molecule has 0 amide bonds. The third kappa shape index (κ3) is 6.66. The van der Waals surface area contributed by atoms with E-state index in [1.165, 1.54) is 68.5 Å². The number of halogens is 6. The number of rotatable bonds is 3. The summed E-state index contributed by atoms with van der Waals surface area (Å²) < 4.78 is 83.9. The Kier molecular flexibility index (Phi) is 8.94. The van der Waals surface area contributed by atoms with Crippen LogP contribution >= 0.6 is 0 Å². The van der Waals surface area contributed by atoms with Crippen molar-refractivity contribution >= 4 is 33.1 Å². The summed E-state index contributed by atoms with van der Waals surface area (Å²) in [6.07, 6.45) is -2.28. The molecule has 0 N–H and O–H groups in total. The Morgan fingerprint density at radius 3 is 1.60 bits per heavy atom. The minimum atomic E-state index is -4.57. The normalized spacial score (nSPS) is 13.7. The first-order chi connectivity index (χ1) is 27.1. The highest BCUT2D eigenvalue weighted by molar-refractivity contribution is 5.84. The van der Waals surface area contributed by atoms with Crippen molar-refractivity contribution in [3.63, 3.8) is 0 Å². The highest BCUT2D eigenvalue weighted by atomic mass is 19.4. The van der Waals surface area contributed by atoms with Gasteiger partial charge in [0.2, 0.25) is 0 Å². The number of nitriles is 1. The second-order valence-electron chi connectivity index (χ2n) is 13.8. The van der Waals surface area contributed by atoms with Crippen molar-refractivity contribution < 1.29 is 26.3 Å². The molecule has 0 bridgehead atoms. The van der Waals surface area contributed by atoms with Crippen molar-refractivity contribution in [3.8, 4) is 28.6 Å². The first kappa shape index (κ1) is 37.1. The number of benzene rings is 2. The number of aromatic nitrogens is 8. The van der Waals surface area contributed by atoms with Crippen molar-refractivity contribution in [1.82, 2.24) is 38.3 Å². The minimum Gasteiger partial charge on any atom is -0.296 e. The van der Waals surface area contributed by atoms with Gasteiger partial charge in [0.05, 0.1) is 44.8 Å². The summed E-state index contributed by atoms with van der Waals surface area (Å²) in [6.45, 7) is 0. The minimum absolute atomic E-state index is 0.160. The number of hydrogen-bond donors (Lipinski definition) is 0. The summed E-state index contributed by atoms with van der Waals surface area (Å²) in [6, 6.07) is 20.4. The number of hydrogen-bond acceptors (Lipinski definition) is 7. The summed E-state index contributed by atoms with van der Waals surface area (Å²) in [4.78, 5) is 32.2. The summed E-state index contributed by atoms with van der Waals surface area (Å²) in [5, 5.41) is 18.9. The predicted octanol–water partition coefficient (Wildman–Crippen LogP) is 8.06. The molecule has 0 unspecified atom stereocenters. The molecule has 0 saturated heterocycles. The van der Waals surface area contributed by atoms with Crippen LogP contribution < -0.4 is 11.1 Å². The Hall–Kier alpha value is -6.83. The van der Waals surface area contributed by atoms with E-state index in [9.17, 15) is 35.9 Å². The van der Waals surface area contributed by atoms with Gasteiger partial charge in [-0.05, 0) is 78.9 Å². The summed E-state index contributed by atoms with van der Waals surface area (Å²) in [7, 11) is 3.19. The van der Waals surface area contributed by atoms with Gasteiger partial charge < -0.3 is 0 Å². The highest BCUT2D eigenvalue weighted by Crippen LogP contribution is 2.36. The lowest BCUT2D eigenvalue weighted by Crippen LogP contribution is -2.19. The molecule has 6 heterocycles. The van der Waals surface area contributed by atoms with Gasteiger partial charge in [0.25, 0.3) is 11.1 Å². The molecule has 0 atom stereocenters. The average Bonchev–Trinajstić information content (AvgIpc) is 4.00. The molecule has 1 saturated carbocycles. The van der Waals surface area contributed by atoms with Gasteiger partial charge >= 0.3 is 12.4 Å². The highest BCUT2D eigenvalue weighted by Gasteiger charge is 2.34. The van der Waals surface area contributed by atoms with E-state index in [2.05, 4.69) is 20.2 Å². The van der Waals surface area contributed by atoms with Gasteiger partial charge in [0.1, 0.15) is 22.7 Å². The van der Waals surface area contributed by atoms with E-state index in [-0.39, 0.29) is 22.4 Å². The molecule has 0 radical (unpaired) electrons. The molecule has 8 aromatic rings. The first-order valence-corrected chi connectivity index (χ1v) is 17.6. The van der Waals surface area contributed by atoms with Crippen LogP contribution in [0.1, 0.15) is 54.1 Å². The lowest BCUT2D eigenvalue weighted by atomic mass is 9.97. The van der Waals surface area contributed by atoms with Crippen molar-refractivity contribution in [2.24, 2.45) is 14.1 Å². The zero-order valence-electron chi connectivity index (χ0n) is 30.1. The Balaban J connectivity index is 0.000000161. The summed E-state index contributed by atoms with van der Waals surface area (Å²) in [5.74, 6) is 0.470. The van der Waals surface area contributed by atoms with E-state index in [0.29, 0.717) is 55.8 Å². The Morgan fingerprint density at radius 1 is 0.649 bits per heavy atom. The van der Waals surface area contributed by atoms with Crippen molar-refractivity contribution in [2.75, 3.05) is 0 Å². The molecular formula is C40H29F6N9O2. The predicted molar refractivity (Wildman–Crippen MR) is 198 cm³/mol. The number of pyridine rings is 2. The second kappa shape index (κ2) is 13.7. The third-order valence-corrected chi connectivity index (χ3v) is 10.3. The fourth-order valence-electron chi connectivity index (χ4n) is 7.29. The quantitative estimate of drug-likeness (QED) is 0.166. The van der Waals surface area contributed by atoms with E-state index in [1.807, 2.05) is 24.3 Å². The standard InChI is InChI=1S/C22H19F3N4O.C18H10F3N5O/c1-28-20-12-17(15-8-9-26-19(11-15)22(23,24)25)27-29(20)18-10-14(13-4-2-3-5-13)6-7-16(18)21(28)30;1-25-16-8-13(11-4-5-23-15(7-11)18(19,20)21)24-26(16)14-6-10(9-22)2-3-12(14)17(25)27/h6-13H,2-5H2,1H3;2-8H,1H3. The van der Waals surface area contributed by atoms with E-state index in [1.54, 1.807) is 24.7 Å². The number of aryl methyl sites for hydroxylation is 2. The molecule has 1 fully saturated rings. The van der Waals surface area contributed by atoms with E-state index in [4.69, 9.17) is 5.26 Å². The molecule has 1 aliphatic rings. The summed E-state index contributed by atoms with van der Waals surface area (Å²) >= 11 is 0. The molecule has 17 heteroatoms. The van der Waals surface area contributed by atoms with Crippen LogP contribution in [-0.4, -0.2) is 38.3 Å². The van der Waals surface area contributed by atoms with Crippen molar-refractivity contribution in [1.29, 1.82) is 5.26 Å². The van der Waals surface area contributed by atoms with Gasteiger partial charge in [-0.3, -0.25) is 28.7 Å². The van der Waals surface area contributed by atoms with Gasteiger partial charge in [-0.1, -0.05) is 18.9 Å². The Bertz CT molecular complexity index is 3050. The van der Waals surface area contributed by atoms with Crippen molar-refractivity contribution in [3.05, 3.63) is 128 Å². The SMILES string of the molecule is Cn1c(=O)c2ccc(C#N)cc2n2nc(-c3ccnc(C(F)(F)F)c3)cc12.Cn1c(=O)c2ccc(C3CCCC3)cc2n2nc(-c3ccnc(C(F)(F)F)c3)cc12.